The Morgan fingerprint density at radius 1 is 1.12 bits per heavy atom. The van der Waals surface area contributed by atoms with Crippen molar-refractivity contribution in [1.82, 2.24) is 4.90 Å². The van der Waals surface area contributed by atoms with Crippen LogP contribution in [0.25, 0.3) is 0 Å². The second kappa shape index (κ2) is 7.46. The Kier molecular flexibility index (Phi) is 4.91. The van der Waals surface area contributed by atoms with Crippen LogP contribution in [0.15, 0.2) is 65.8 Å². The lowest BCUT2D eigenvalue weighted by Crippen LogP contribution is -2.30. The van der Waals surface area contributed by atoms with Gasteiger partial charge in [0.05, 0.1) is 6.54 Å². The highest BCUT2D eigenvalue weighted by Gasteiger charge is 2.08. The van der Waals surface area contributed by atoms with Gasteiger partial charge in [0.2, 0.25) is 5.91 Å². The van der Waals surface area contributed by atoms with Gasteiger partial charge >= 0.3 is 0 Å². The zero-order valence-corrected chi connectivity index (χ0v) is 13.5. The average molecular weight is 321 g/mol. The predicted octanol–water partition coefficient (Wildman–Crippen LogP) is 3.58. The Hall–Kier alpha value is -3.08. The van der Waals surface area contributed by atoms with Gasteiger partial charge in [-0.05, 0) is 49.4 Å². The molecule has 2 aromatic carbocycles. The van der Waals surface area contributed by atoms with Crippen LogP contribution in [0.4, 0.5) is 5.69 Å². The van der Waals surface area contributed by atoms with E-state index in [1.54, 1.807) is 6.21 Å². The Balaban J connectivity index is 1.54. The molecule has 0 radical (unpaired) electrons. The number of anilines is 1. The minimum absolute atomic E-state index is 0.0797. The zero-order valence-electron chi connectivity index (χ0n) is 13.5. The van der Waals surface area contributed by atoms with Crippen LogP contribution in [0.3, 0.4) is 0 Å². The number of aryl methyl sites for hydroxylation is 1. The van der Waals surface area contributed by atoms with Gasteiger partial charge in [-0.2, -0.15) is 0 Å². The van der Waals surface area contributed by atoms with Crippen molar-refractivity contribution >= 4 is 17.8 Å². The minimum Gasteiger partial charge on any atom is -0.457 e. The normalized spacial score (nSPS) is 13.0. The molecule has 24 heavy (non-hydrogen) atoms. The van der Waals surface area contributed by atoms with E-state index >= 15 is 0 Å². The first-order valence-corrected chi connectivity index (χ1v) is 7.74. The predicted molar refractivity (Wildman–Crippen MR) is 95.5 cm³/mol. The molecule has 0 aliphatic carbocycles. The lowest BCUT2D eigenvalue weighted by atomic mass is 10.2. The second-order valence-electron chi connectivity index (χ2n) is 5.55. The monoisotopic (exact) mass is 321 g/mol. The van der Waals surface area contributed by atoms with Crippen molar-refractivity contribution in [2.75, 3.05) is 18.5 Å². The van der Waals surface area contributed by atoms with Crippen LogP contribution in [0.5, 0.6) is 11.5 Å². The van der Waals surface area contributed by atoms with Gasteiger partial charge < -0.3 is 15.0 Å². The molecule has 2 aromatic rings. The summed E-state index contributed by atoms with van der Waals surface area (Å²) in [6.07, 6.45) is 5.39. The van der Waals surface area contributed by atoms with Gasteiger partial charge in [-0.15, -0.1) is 0 Å². The second-order valence-corrected chi connectivity index (χ2v) is 5.55. The van der Waals surface area contributed by atoms with Crippen molar-refractivity contribution < 1.29 is 9.53 Å². The highest BCUT2D eigenvalue weighted by molar-refractivity contribution is 5.92. The Labute approximate surface area is 141 Å². The molecule has 122 valence electrons. The highest BCUT2D eigenvalue weighted by atomic mass is 16.5. The summed E-state index contributed by atoms with van der Waals surface area (Å²) in [5, 5.41) is 2.87. The average Bonchev–Trinajstić information content (AvgIpc) is 2.59. The van der Waals surface area contributed by atoms with Gasteiger partial charge in [0.15, 0.2) is 0 Å². The van der Waals surface area contributed by atoms with Crippen molar-refractivity contribution in [1.29, 1.82) is 0 Å². The molecule has 1 aliphatic rings. The molecule has 0 bridgehead atoms. The van der Waals surface area contributed by atoms with Gasteiger partial charge in [-0.25, -0.2) is 0 Å². The van der Waals surface area contributed by atoms with E-state index in [0.29, 0.717) is 6.67 Å². The third kappa shape index (κ3) is 4.46. The van der Waals surface area contributed by atoms with Gasteiger partial charge in [-0.3, -0.25) is 9.79 Å². The van der Waals surface area contributed by atoms with Crippen molar-refractivity contribution in [2.24, 2.45) is 4.99 Å². The fraction of sp³-hybridized carbons (Fsp3) is 0.158. The molecule has 3 rings (SSSR count). The van der Waals surface area contributed by atoms with E-state index in [9.17, 15) is 4.79 Å². The molecule has 5 nitrogen and oxygen atoms in total. The lowest BCUT2D eigenvalue weighted by Gasteiger charge is -2.19. The van der Waals surface area contributed by atoms with Crippen molar-refractivity contribution in [3.63, 3.8) is 0 Å². The number of ether oxygens (including phenoxy) is 1. The number of hydrogen-bond acceptors (Lipinski definition) is 4. The highest BCUT2D eigenvalue weighted by Crippen LogP contribution is 2.23. The molecule has 0 unspecified atom stereocenters. The third-order valence-electron chi connectivity index (χ3n) is 3.49. The van der Waals surface area contributed by atoms with E-state index in [0.717, 1.165) is 17.2 Å². The lowest BCUT2D eigenvalue weighted by molar-refractivity contribution is -0.116. The van der Waals surface area contributed by atoms with Gasteiger partial charge in [0.25, 0.3) is 0 Å². The van der Waals surface area contributed by atoms with Crippen LogP contribution in [-0.4, -0.2) is 30.2 Å². The first kappa shape index (κ1) is 15.8. The minimum atomic E-state index is -0.0797. The molecular formula is C19H19N3O2. The van der Waals surface area contributed by atoms with E-state index in [1.807, 2.05) is 72.6 Å². The molecular weight excluding hydrogens is 302 g/mol. The van der Waals surface area contributed by atoms with Crippen LogP contribution in [0, 0.1) is 6.92 Å². The van der Waals surface area contributed by atoms with Gasteiger partial charge in [0, 0.05) is 18.1 Å². The fourth-order valence-electron chi connectivity index (χ4n) is 2.26. The van der Waals surface area contributed by atoms with Gasteiger partial charge in [-0.1, -0.05) is 17.7 Å². The third-order valence-corrected chi connectivity index (χ3v) is 3.49. The first-order chi connectivity index (χ1) is 11.7. The number of carbonyl (C=O) groups excluding carboxylic acids is 1. The van der Waals surface area contributed by atoms with Crippen molar-refractivity contribution in [3.8, 4) is 11.5 Å². The molecule has 1 N–H and O–H groups in total. The van der Waals surface area contributed by atoms with Crippen LogP contribution in [0.1, 0.15) is 5.56 Å². The number of aliphatic imine (C=N–C) groups is 1. The van der Waals surface area contributed by atoms with E-state index in [1.165, 1.54) is 5.56 Å². The van der Waals surface area contributed by atoms with Crippen molar-refractivity contribution in [3.05, 3.63) is 66.4 Å². The number of hydrogen-bond donors (Lipinski definition) is 1. The van der Waals surface area contributed by atoms with Crippen LogP contribution in [-0.2, 0) is 4.79 Å². The molecule has 0 fully saturated rings. The summed E-state index contributed by atoms with van der Waals surface area (Å²) in [6, 6.07) is 15.2. The summed E-state index contributed by atoms with van der Waals surface area (Å²) >= 11 is 0. The number of nitrogens with zero attached hydrogens (tertiary/aromatic N) is 2. The zero-order chi connectivity index (χ0) is 16.8. The number of carbonyl (C=O) groups is 1. The number of allylic oxidation sites excluding steroid dienone is 1. The quantitative estimate of drug-likeness (QED) is 0.916. The summed E-state index contributed by atoms with van der Waals surface area (Å²) < 4.78 is 5.77. The van der Waals surface area contributed by atoms with Crippen LogP contribution in [0.2, 0.25) is 0 Å². The molecule has 5 heteroatoms. The maximum atomic E-state index is 12.0. The number of nitrogens with one attached hydrogen (secondary N) is 1. The van der Waals surface area contributed by atoms with Crippen molar-refractivity contribution in [2.45, 2.75) is 6.92 Å². The Morgan fingerprint density at radius 2 is 1.79 bits per heavy atom. The SMILES string of the molecule is Cc1ccc(Oc2ccc(NC(=O)CN3C=CC=NC3)cc2)cc1. The van der Waals surface area contributed by atoms with E-state index in [4.69, 9.17) is 4.74 Å². The van der Waals surface area contributed by atoms with E-state index in [2.05, 4.69) is 10.3 Å². The summed E-state index contributed by atoms with van der Waals surface area (Å²) in [5.74, 6) is 1.43. The molecule has 0 saturated carbocycles. The molecule has 1 heterocycles. The fourth-order valence-corrected chi connectivity index (χ4v) is 2.26. The maximum Gasteiger partial charge on any atom is 0.243 e. The molecule has 1 amide bonds. The Bertz CT molecular complexity index is 749. The Morgan fingerprint density at radius 3 is 2.42 bits per heavy atom. The smallest absolute Gasteiger partial charge is 0.243 e. The van der Waals surface area contributed by atoms with E-state index < -0.39 is 0 Å². The van der Waals surface area contributed by atoms with E-state index in [-0.39, 0.29) is 12.5 Å². The molecule has 0 atom stereocenters. The number of amides is 1. The first-order valence-electron chi connectivity index (χ1n) is 7.74. The number of rotatable bonds is 5. The molecule has 0 spiro atoms. The largest absolute Gasteiger partial charge is 0.457 e. The van der Waals surface area contributed by atoms with Crippen LogP contribution >= 0.6 is 0 Å². The number of benzene rings is 2. The topological polar surface area (TPSA) is 53.9 Å². The molecule has 0 aromatic heterocycles. The summed E-state index contributed by atoms with van der Waals surface area (Å²) in [7, 11) is 0. The molecule has 0 saturated heterocycles. The van der Waals surface area contributed by atoms with Crippen LogP contribution < -0.4 is 10.1 Å². The summed E-state index contributed by atoms with van der Waals surface area (Å²) in [5.41, 5.74) is 1.93. The summed E-state index contributed by atoms with van der Waals surface area (Å²) in [6.45, 7) is 2.82. The maximum absolute atomic E-state index is 12.0. The van der Waals surface area contributed by atoms with Gasteiger partial charge in [0.1, 0.15) is 18.2 Å². The standard InChI is InChI=1S/C19H19N3O2/c1-15-3-7-17(8-4-15)24-18-9-5-16(6-10-18)21-19(23)13-22-12-2-11-20-14-22/h2-12H,13-14H2,1H3,(H,21,23). The summed E-state index contributed by atoms with van der Waals surface area (Å²) in [4.78, 5) is 17.9. The molecule has 1 aliphatic heterocycles.